The minimum absolute atomic E-state index is 0.239. The summed E-state index contributed by atoms with van der Waals surface area (Å²) in [6.07, 6.45) is 0. The van der Waals surface area contributed by atoms with E-state index in [9.17, 15) is 13.2 Å². The third-order valence-corrected chi connectivity index (χ3v) is 4.36. The lowest BCUT2D eigenvalue weighted by atomic mass is 10.1. The van der Waals surface area contributed by atoms with Crippen LogP contribution in [0.25, 0.3) is 0 Å². The Bertz CT molecular complexity index is 539. The molecule has 0 bridgehead atoms. The maximum atomic E-state index is 11.9. The maximum Gasteiger partial charge on any atom is 0.321 e. The van der Waals surface area contributed by atoms with Crippen LogP contribution in [0.5, 0.6) is 0 Å². The van der Waals surface area contributed by atoms with E-state index in [-0.39, 0.29) is 11.7 Å². The van der Waals surface area contributed by atoms with E-state index in [0.29, 0.717) is 5.56 Å². The first-order chi connectivity index (χ1) is 8.71. The molecule has 1 aromatic rings. The van der Waals surface area contributed by atoms with Gasteiger partial charge in [-0.05, 0) is 23.6 Å². The van der Waals surface area contributed by atoms with Crippen molar-refractivity contribution in [2.45, 2.75) is 25.6 Å². The van der Waals surface area contributed by atoms with Crippen molar-refractivity contribution in [3.8, 4) is 0 Å². The van der Waals surface area contributed by atoms with E-state index in [4.69, 9.17) is 5.11 Å². The molecule has 1 aromatic carbocycles. The van der Waals surface area contributed by atoms with Crippen molar-refractivity contribution < 1.29 is 18.3 Å². The SMILES string of the molecule is CC(C)C(NS(=O)(=O)Cc1ccc(Br)cc1)C(=O)O. The molecule has 1 unspecified atom stereocenters. The number of hydrogen-bond acceptors (Lipinski definition) is 3. The van der Waals surface area contributed by atoms with Crippen LogP contribution in [-0.2, 0) is 20.6 Å². The third-order valence-electron chi connectivity index (χ3n) is 2.51. The van der Waals surface area contributed by atoms with Crippen LogP contribution in [-0.4, -0.2) is 25.5 Å². The largest absolute Gasteiger partial charge is 0.480 e. The van der Waals surface area contributed by atoms with Gasteiger partial charge in [0.2, 0.25) is 10.0 Å². The second kappa shape index (κ2) is 6.49. The molecule has 0 aliphatic carbocycles. The zero-order valence-corrected chi connectivity index (χ0v) is 13.0. The fourth-order valence-corrected chi connectivity index (χ4v) is 3.25. The van der Waals surface area contributed by atoms with Gasteiger partial charge in [-0.1, -0.05) is 41.9 Å². The molecule has 0 heterocycles. The molecule has 0 aliphatic heterocycles. The summed E-state index contributed by atoms with van der Waals surface area (Å²) >= 11 is 3.26. The van der Waals surface area contributed by atoms with Crippen LogP contribution in [0.1, 0.15) is 19.4 Å². The first-order valence-electron chi connectivity index (χ1n) is 5.68. The second-order valence-corrected chi connectivity index (χ2v) is 7.23. The average Bonchev–Trinajstić information content (AvgIpc) is 2.28. The summed E-state index contributed by atoms with van der Waals surface area (Å²) in [5.41, 5.74) is 0.601. The predicted molar refractivity (Wildman–Crippen MR) is 76.2 cm³/mol. The van der Waals surface area contributed by atoms with Crippen molar-refractivity contribution in [2.24, 2.45) is 5.92 Å². The maximum absolute atomic E-state index is 11.9. The lowest BCUT2D eigenvalue weighted by Crippen LogP contribution is -2.44. The molecule has 1 rings (SSSR count). The molecule has 2 N–H and O–H groups in total. The van der Waals surface area contributed by atoms with Crippen molar-refractivity contribution in [3.63, 3.8) is 0 Å². The van der Waals surface area contributed by atoms with Gasteiger partial charge in [0, 0.05) is 4.47 Å². The number of sulfonamides is 1. The van der Waals surface area contributed by atoms with Crippen LogP contribution in [0.4, 0.5) is 0 Å². The van der Waals surface area contributed by atoms with Crippen molar-refractivity contribution in [1.82, 2.24) is 4.72 Å². The minimum atomic E-state index is -3.68. The van der Waals surface area contributed by atoms with E-state index in [1.165, 1.54) is 0 Å². The number of halogens is 1. The molecule has 0 saturated carbocycles. The summed E-state index contributed by atoms with van der Waals surface area (Å²) in [6.45, 7) is 3.31. The molecule has 5 nitrogen and oxygen atoms in total. The minimum Gasteiger partial charge on any atom is -0.480 e. The normalized spacial score (nSPS) is 13.5. The van der Waals surface area contributed by atoms with E-state index in [0.717, 1.165) is 4.47 Å². The van der Waals surface area contributed by atoms with E-state index in [2.05, 4.69) is 20.7 Å². The van der Waals surface area contributed by atoms with Gasteiger partial charge in [0.25, 0.3) is 0 Å². The second-order valence-electron chi connectivity index (χ2n) is 4.56. The molecule has 0 aliphatic rings. The molecule has 106 valence electrons. The fourth-order valence-electron chi connectivity index (χ4n) is 1.51. The van der Waals surface area contributed by atoms with Gasteiger partial charge in [-0.15, -0.1) is 0 Å². The quantitative estimate of drug-likeness (QED) is 0.822. The standard InChI is InChI=1S/C12H16BrNO4S/c1-8(2)11(12(15)16)14-19(17,18)7-9-3-5-10(13)6-4-9/h3-6,8,11,14H,7H2,1-2H3,(H,15,16). The molecule has 0 saturated heterocycles. The topological polar surface area (TPSA) is 83.5 Å². The summed E-state index contributed by atoms with van der Waals surface area (Å²) in [7, 11) is -3.68. The zero-order valence-electron chi connectivity index (χ0n) is 10.6. The molecule has 0 spiro atoms. The van der Waals surface area contributed by atoms with Crippen LogP contribution in [0.15, 0.2) is 28.7 Å². The smallest absolute Gasteiger partial charge is 0.321 e. The van der Waals surface area contributed by atoms with Crippen LogP contribution >= 0.6 is 15.9 Å². The molecule has 0 amide bonds. The lowest BCUT2D eigenvalue weighted by molar-refractivity contribution is -0.140. The summed E-state index contributed by atoms with van der Waals surface area (Å²) in [5, 5.41) is 8.98. The molecule has 19 heavy (non-hydrogen) atoms. The number of nitrogens with one attached hydrogen (secondary N) is 1. The summed E-state index contributed by atoms with van der Waals surface area (Å²) in [5.74, 6) is -1.73. The Morgan fingerprint density at radius 3 is 2.26 bits per heavy atom. The van der Waals surface area contributed by atoms with Crippen molar-refractivity contribution in [1.29, 1.82) is 0 Å². The van der Waals surface area contributed by atoms with E-state index in [1.807, 2.05) is 0 Å². The molecule has 0 aromatic heterocycles. The number of benzene rings is 1. The first kappa shape index (κ1) is 16.1. The number of rotatable bonds is 6. The average molecular weight is 350 g/mol. The predicted octanol–water partition coefficient (Wildman–Crippen LogP) is 1.98. The highest BCUT2D eigenvalue weighted by Gasteiger charge is 2.26. The Morgan fingerprint density at radius 1 is 1.32 bits per heavy atom. The van der Waals surface area contributed by atoms with E-state index >= 15 is 0 Å². The van der Waals surface area contributed by atoms with Gasteiger partial charge in [-0.2, -0.15) is 0 Å². The number of carboxylic acid groups (broad SMARTS) is 1. The Hall–Kier alpha value is -0.920. The molecular formula is C12H16BrNO4S. The van der Waals surface area contributed by atoms with Gasteiger partial charge in [0.15, 0.2) is 0 Å². The fraction of sp³-hybridized carbons (Fsp3) is 0.417. The molecule has 0 fully saturated rings. The summed E-state index contributed by atoms with van der Waals surface area (Å²) in [4.78, 5) is 11.0. The van der Waals surface area contributed by atoms with Crippen LogP contribution in [0.3, 0.4) is 0 Å². The molecule has 0 radical (unpaired) electrons. The van der Waals surface area contributed by atoms with Crippen molar-refractivity contribution in [3.05, 3.63) is 34.3 Å². The Morgan fingerprint density at radius 2 is 1.84 bits per heavy atom. The van der Waals surface area contributed by atoms with E-state index < -0.39 is 22.0 Å². The Labute approximate surface area is 121 Å². The number of carbonyl (C=O) groups is 1. The molecule has 7 heteroatoms. The van der Waals surface area contributed by atoms with E-state index in [1.54, 1.807) is 38.1 Å². The molecular weight excluding hydrogens is 334 g/mol. The van der Waals surface area contributed by atoms with Gasteiger partial charge in [0.1, 0.15) is 6.04 Å². The van der Waals surface area contributed by atoms with Crippen LogP contribution < -0.4 is 4.72 Å². The van der Waals surface area contributed by atoms with Crippen molar-refractivity contribution in [2.75, 3.05) is 0 Å². The summed E-state index contributed by atoms with van der Waals surface area (Å²) in [6, 6.07) is 5.72. The molecule has 1 atom stereocenters. The number of carboxylic acids is 1. The monoisotopic (exact) mass is 349 g/mol. The van der Waals surface area contributed by atoms with Crippen molar-refractivity contribution >= 4 is 31.9 Å². The number of hydrogen-bond donors (Lipinski definition) is 2. The Balaban J connectivity index is 2.81. The van der Waals surface area contributed by atoms with Gasteiger partial charge < -0.3 is 5.11 Å². The van der Waals surface area contributed by atoms with Crippen LogP contribution in [0.2, 0.25) is 0 Å². The highest BCUT2D eigenvalue weighted by atomic mass is 79.9. The van der Waals surface area contributed by atoms with Gasteiger partial charge in [-0.25, -0.2) is 13.1 Å². The first-order valence-corrected chi connectivity index (χ1v) is 8.13. The number of aliphatic carboxylic acids is 1. The highest BCUT2D eigenvalue weighted by Crippen LogP contribution is 2.13. The lowest BCUT2D eigenvalue weighted by Gasteiger charge is -2.17. The van der Waals surface area contributed by atoms with Crippen LogP contribution in [0, 0.1) is 5.92 Å². The third kappa shape index (κ3) is 5.30. The summed E-state index contributed by atoms with van der Waals surface area (Å²) < 4.78 is 26.9. The Kier molecular flexibility index (Phi) is 5.51. The zero-order chi connectivity index (χ0) is 14.6. The van der Waals surface area contributed by atoms with Gasteiger partial charge >= 0.3 is 5.97 Å². The van der Waals surface area contributed by atoms with Gasteiger partial charge in [0.05, 0.1) is 5.75 Å². The highest BCUT2D eigenvalue weighted by molar-refractivity contribution is 9.10. The van der Waals surface area contributed by atoms with Gasteiger partial charge in [-0.3, -0.25) is 4.79 Å².